The number of hydrogen-bond acceptors (Lipinski definition) is 3. The number of carbonyl (C=O) groups is 1. The van der Waals surface area contributed by atoms with Crippen molar-refractivity contribution < 1.29 is 9.53 Å². The SMILES string of the molecule is CC(C)(C)[C@H](N)C(=O)N1CCOC(c2ccc(Cl)c(Cl)c2)C1.Cl. The van der Waals surface area contributed by atoms with Crippen molar-refractivity contribution in [3.05, 3.63) is 33.8 Å². The van der Waals surface area contributed by atoms with Crippen molar-refractivity contribution in [2.45, 2.75) is 32.9 Å². The summed E-state index contributed by atoms with van der Waals surface area (Å²) >= 11 is 12.0. The topological polar surface area (TPSA) is 55.6 Å². The number of ether oxygens (including phenoxy) is 1. The number of nitrogens with zero attached hydrogens (tertiary/aromatic N) is 1. The number of morpholine rings is 1. The molecule has 1 fully saturated rings. The van der Waals surface area contributed by atoms with Crippen LogP contribution in [-0.2, 0) is 9.53 Å². The lowest BCUT2D eigenvalue weighted by atomic mass is 9.86. The number of halogens is 3. The van der Waals surface area contributed by atoms with Gasteiger partial charge in [0.1, 0.15) is 6.10 Å². The molecular formula is C16H23Cl3N2O2. The second-order valence-corrected chi connectivity index (χ2v) is 7.48. The highest BCUT2D eigenvalue weighted by molar-refractivity contribution is 6.42. The van der Waals surface area contributed by atoms with Crippen molar-refractivity contribution in [3.63, 3.8) is 0 Å². The van der Waals surface area contributed by atoms with E-state index in [0.717, 1.165) is 5.56 Å². The lowest BCUT2D eigenvalue weighted by Gasteiger charge is -2.37. The molecule has 1 amide bonds. The van der Waals surface area contributed by atoms with E-state index in [-0.39, 0.29) is 29.8 Å². The van der Waals surface area contributed by atoms with E-state index in [1.54, 1.807) is 17.0 Å². The van der Waals surface area contributed by atoms with Crippen molar-refractivity contribution >= 4 is 41.5 Å². The zero-order chi connectivity index (χ0) is 16.5. The molecule has 0 spiro atoms. The molecule has 2 N–H and O–H groups in total. The average molecular weight is 382 g/mol. The Bertz CT molecular complexity index is 561. The minimum Gasteiger partial charge on any atom is -0.370 e. The zero-order valence-corrected chi connectivity index (χ0v) is 15.8. The highest BCUT2D eigenvalue weighted by Gasteiger charge is 2.34. The molecule has 1 aromatic rings. The number of benzene rings is 1. The third-order valence-electron chi connectivity index (χ3n) is 3.89. The Balaban J connectivity index is 0.00000264. The first-order valence-corrected chi connectivity index (χ1v) is 8.06. The van der Waals surface area contributed by atoms with Gasteiger partial charge in [0, 0.05) is 6.54 Å². The van der Waals surface area contributed by atoms with Crippen LogP contribution in [0.5, 0.6) is 0 Å². The molecule has 4 nitrogen and oxygen atoms in total. The van der Waals surface area contributed by atoms with Gasteiger partial charge in [0.25, 0.3) is 0 Å². The van der Waals surface area contributed by atoms with Crippen LogP contribution in [0.2, 0.25) is 10.0 Å². The van der Waals surface area contributed by atoms with E-state index >= 15 is 0 Å². The highest BCUT2D eigenvalue weighted by Crippen LogP contribution is 2.29. The van der Waals surface area contributed by atoms with Gasteiger partial charge < -0.3 is 15.4 Å². The van der Waals surface area contributed by atoms with Crippen LogP contribution < -0.4 is 5.73 Å². The predicted molar refractivity (Wildman–Crippen MR) is 96.4 cm³/mol. The normalized spacial score (nSPS) is 19.9. The largest absolute Gasteiger partial charge is 0.370 e. The summed E-state index contributed by atoms with van der Waals surface area (Å²) in [5, 5.41) is 0.988. The molecule has 2 atom stereocenters. The van der Waals surface area contributed by atoms with Gasteiger partial charge in [-0.2, -0.15) is 0 Å². The Labute approximate surface area is 153 Å². The standard InChI is InChI=1S/C16H22Cl2N2O2.ClH/c1-16(2,3)14(19)15(21)20-6-7-22-13(9-20)10-4-5-11(17)12(18)8-10;/h4-5,8,13-14H,6-7,9,19H2,1-3H3;1H/t13?,14-;/m1./s1. The minimum absolute atomic E-state index is 0. The molecule has 1 aliphatic heterocycles. The molecule has 1 aliphatic rings. The van der Waals surface area contributed by atoms with Crippen molar-refractivity contribution in [2.24, 2.45) is 11.1 Å². The first kappa shape index (κ1) is 20.5. The molecule has 130 valence electrons. The maximum absolute atomic E-state index is 12.5. The summed E-state index contributed by atoms with van der Waals surface area (Å²) in [5.74, 6) is -0.0409. The number of amides is 1. The van der Waals surface area contributed by atoms with E-state index in [2.05, 4.69) is 0 Å². The second kappa shape index (κ2) is 8.04. The van der Waals surface area contributed by atoms with Gasteiger partial charge in [-0.1, -0.05) is 50.0 Å². The van der Waals surface area contributed by atoms with Gasteiger partial charge in [-0.15, -0.1) is 12.4 Å². The Morgan fingerprint density at radius 1 is 1.35 bits per heavy atom. The molecule has 0 aliphatic carbocycles. The number of hydrogen-bond donors (Lipinski definition) is 1. The molecule has 1 unspecified atom stereocenters. The third-order valence-corrected chi connectivity index (χ3v) is 4.63. The lowest BCUT2D eigenvalue weighted by molar-refractivity contribution is -0.142. The lowest BCUT2D eigenvalue weighted by Crippen LogP contribution is -2.53. The van der Waals surface area contributed by atoms with Crippen LogP contribution in [0, 0.1) is 5.41 Å². The molecule has 23 heavy (non-hydrogen) atoms. The number of carbonyl (C=O) groups excluding carboxylic acids is 1. The summed E-state index contributed by atoms with van der Waals surface area (Å²) < 4.78 is 5.77. The van der Waals surface area contributed by atoms with Crippen molar-refractivity contribution in [1.29, 1.82) is 0 Å². The molecule has 1 aromatic carbocycles. The van der Waals surface area contributed by atoms with Gasteiger partial charge in [0.2, 0.25) is 5.91 Å². The fourth-order valence-corrected chi connectivity index (χ4v) is 2.64. The summed E-state index contributed by atoms with van der Waals surface area (Å²) in [5.41, 5.74) is 6.73. The number of nitrogens with two attached hydrogens (primary N) is 1. The minimum atomic E-state index is -0.528. The Morgan fingerprint density at radius 2 is 2.00 bits per heavy atom. The first-order valence-electron chi connectivity index (χ1n) is 7.31. The molecular weight excluding hydrogens is 359 g/mol. The molecule has 1 heterocycles. The Kier molecular flexibility index (Phi) is 7.17. The summed E-state index contributed by atoms with van der Waals surface area (Å²) in [6.07, 6.45) is -0.209. The first-order chi connectivity index (χ1) is 10.2. The smallest absolute Gasteiger partial charge is 0.240 e. The molecule has 0 bridgehead atoms. The van der Waals surface area contributed by atoms with Crippen molar-refractivity contribution in [3.8, 4) is 0 Å². The van der Waals surface area contributed by atoms with E-state index in [1.807, 2.05) is 26.8 Å². The van der Waals surface area contributed by atoms with Gasteiger partial charge in [-0.3, -0.25) is 4.79 Å². The molecule has 1 saturated heterocycles. The summed E-state index contributed by atoms with van der Waals surface area (Å²) in [7, 11) is 0. The van der Waals surface area contributed by atoms with E-state index in [1.165, 1.54) is 0 Å². The van der Waals surface area contributed by atoms with Gasteiger partial charge in [0.05, 0.1) is 29.2 Å². The molecule has 2 rings (SSSR count). The quantitative estimate of drug-likeness (QED) is 0.850. The van der Waals surface area contributed by atoms with E-state index < -0.39 is 6.04 Å². The summed E-state index contributed by atoms with van der Waals surface area (Å²) in [4.78, 5) is 14.3. The highest BCUT2D eigenvalue weighted by atomic mass is 35.5. The van der Waals surface area contributed by atoms with Crippen LogP contribution in [0.4, 0.5) is 0 Å². The molecule has 7 heteroatoms. The summed E-state index contributed by atoms with van der Waals surface area (Å²) in [6, 6.07) is 4.87. The molecule has 0 radical (unpaired) electrons. The Hall–Kier alpha value is -0.520. The van der Waals surface area contributed by atoms with Crippen LogP contribution >= 0.6 is 35.6 Å². The van der Waals surface area contributed by atoms with Gasteiger partial charge >= 0.3 is 0 Å². The maximum atomic E-state index is 12.5. The molecule has 0 aromatic heterocycles. The van der Waals surface area contributed by atoms with Crippen molar-refractivity contribution in [1.82, 2.24) is 4.90 Å². The fraction of sp³-hybridized carbons (Fsp3) is 0.562. The second-order valence-electron chi connectivity index (χ2n) is 6.66. The van der Waals surface area contributed by atoms with Gasteiger partial charge in [-0.25, -0.2) is 0 Å². The van der Waals surface area contributed by atoms with Crippen LogP contribution in [0.3, 0.4) is 0 Å². The molecule has 0 saturated carbocycles. The predicted octanol–water partition coefficient (Wildman–Crippen LogP) is 3.69. The zero-order valence-electron chi connectivity index (χ0n) is 13.5. The van der Waals surface area contributed by atoms with Crippen LogP contribution in [0.25, 0.3) is 0 Å². The monoisotopic (exact) mass is 380 g/mol. The van der Waals surface area contributed by atoms with Crippen LogP contribution in [0.1, 0.15) is 32.4 Å². The van der Waals surface area contributed by atoms with Gasteiger partial charge in [-0.05, 0) is 23.1 Å². The van der Waals surface area contributed by atoms with E-state index in [0.29, 0.717) is 29.7 Å². The average Bonchev–Trinajstić information content (AvgIpc) is 2.47. The van der Waals surface area contributed by atoms with E-state index in [4.69, 9.17) is 33.7 Å². The van der Waals surface area contributed by atoms with Crippen LogP contribution in [-0.4, -0.2) is 36.5 Å². The fourth-order valence-electron chi connectivity index (χ4n) is 2.33. The van der Waals surface area contributed by atoms with E-state index in [9.17, 15) is 4.79 Å². The van der Waals surface area contributed by atoms with Crippen molar-refractivity contribution in [2.75, 3.05) is 19.7 Å². The van der Waals surface area contributed by atoms with Crippen LogP contribution in [0.15, 0.2) is 18.2 Å². The maximum Gasteiger partial charge on any atom is 0.240 e. The number of rotatable bonds is 2. The third kappa shape index (κ3) is 4.97. The Morgan fingerprint density at radius 3 is 2.57 bits per heavy atom. The summed E-state index contributed by atoms with van der Waals surface area (Å²) in [6.45, 7) is 7.40. The van der Waals surface area contributed by atoms with Gasteiger partial charge in [0.15, 0.2) is 0 Å².